The van der Waals surface area contributed by atoms with E-state index in [1.807, 2.05) is 0 Å². The van der Waals surface area contributed by atoms with E-state index in [4.69, 9.17) is 4.74 Å². The highest BCUT2D eigenvalue weighted by Crippen LogP contribution is 2.26. The Morgan fingerprint density at radius 2 is 2.29 bits per heavy atom. The van der Waals surface area contributed by atoms with Gasteiger partial charge >= 0.3 is 0 Å². The van der Waals surface area contributed by atoms with Crippen LogP contribution in [0, 0.1) is 5.82 Å². The molecule has 7 heteroatoms. The van der Waals surface area contributed by atoms with Crippen LogP contribution in [0.4, 0.5) is 4.39 Å². The molecule has 0 amide bonds. The Morgan fingerprint density at radius 3 is 2.94 bits per heavy atom. The lowest BCUT2D eigenvalue weighted by atomic mass is 10.3. The van der Waals surface area contributed by atoms with Crippen molar-refractivity contribution in [2.45, 2.75) is 6.92 Å². The number of rotatable bonds is 3. The zero-order valence-electron chi connectivity index (χ0n) is 8.70. The molecular weight excluding hydrogens is 293 g/mol. The third-order valence-electron chi connectivity index (χ3n) is 1.97. The lowest BCUT2D eigenvalue weighted by molar-refractivity contribution is 0.101. The van der Waals surface area contributed by atoms with Crippen molar-refractivity contribution in [3.05, 3.63) is 34.2 Å². The van der Waals surface area contributed by atoms with Crippen molar-refractivity contribution >= 4 is 21.7 Å². The van der Waals surface area contributed by atoms with E-state index in [1.165, 1.54) is 19.1 Å². The predicted molar refractivity (Wildman–Crippen MR) is 60.6 cm³/mol. The number of hydrogen-bond donors (Lipinski definition) is 1. The molecule has 2 rings (SSSR count). The lowest BCUT2D eigenvalue weighted by Crippen LogP contribution is -1.97. The van der Waals surface area contributed by atoms with E-state index in [9.17, 15) is 9.18 Å². The number of carbonyl (C=O) groups is 1. The minimum Gasteiger partial charge on any atom is -0.433 e. The standard InChI is InChI=1S/C10H7BrFN3O2/c1-5(16)9-10(14-15-13-9)17-8-3-2-6(11)4-7(8)12/h2-4H,1H3,(H,13,14,15). The van der Waals surface area contributed by atoms with E-state index in [2.05, 4.69) is 31.3 Å². The number of ketones is 1. The van der Waals surface area contributed by atoms with Gasteiger partial charge in [0.05, 0.1) is 0 Å². The van der Waals surface area contributed by atoms with Gasteiger partial charge in [-0.05, 0) is 18.2 Å². The maximum Gasteiger partial charge on any atom is 0.269 e. The quantitative estimate of drug-likeness (QED) is 0.885. The van der Waals surface area contributed by atoms with Crippen LogP contribution in [0.15, 0.2) is 22.7 Å². The number of benzene rings is 1. The molecule has 5 nitrogen and oxygen atoms in total. The largest absolute Gasteiger partial charge is 0.433 e. The Hall–Kier alpha value is -1.76. The molecule has 0 aliphatic carbocycles. The van der Waals surface area contributed by atoms with Crippen molar-refractivity contribution in [1.82, 2.24) is 15.4 Å². The number of carbonyl (C=O) groups excluding carboxylic acids is 1. The molecule has 0 aliphatic rings. The summed E-state index contributed by atoms with van der Waals surface area (Å²) in [6, 6.07) is 4.30. The van der Waals surface area contributed by atoms with E-state index in [0.29, 0.717) is 4.47 Å². The highest BCUT2D eigenvalue weighted by Gasteiger charge is 2.15. The first-order chi connectivity index (χ1) is 8.08. The molecule has 0 saturated carbocycles. The van der Waals surface area contributed by atoms with Gasteiger partial charge in [0.2, 0.25) is 0 Å². The van der Waals surface area contributed by atoms with Gasteiger partial charge in [0, 0.05) is 11.4 Å². The normalized spacial score (nSPS) is 10.3. The van der Waals surface area contributed by atoms with Crippen LogP contribution in [0.5, 0.6) is 11.6 Å². The molecule has 0 unspecified atom stereocenters. The van der Waals surface area contributed by atoms with E-state index in [1.54, 1.807) is 6.07 Å². The SMILES string of the molecule is CC(=O)c1[nH]nnc1Oc1ccc(Br)cc1F. The Kier molecular flexibility index (Phi) is 3.19. The summed E-state index contributed by atoms with van der Waals surface area (Å²) in [6.07, 6.45) is 0. The molecule has 1 N–H and O–H groups in total. The first kappa shape index (κ1) is 11.7. The number of nitrogens with zero attached hydrogens (tertiary/aromatic N) is 2. The lowest BCUT2D eigenvalue weighted by Gasteiger charge is -2.04. The van der Waals surface area contributed by atoms with E-state index >= 15 is 0 Å². The number of H-pyrrole nitrogens is 1. The van der Waals surface area contributed by atoms with E-state index in [0.717, 1.165) is 0 Å². The fourth-order valence-corrected chi connectivity index (χ4v) is 1.51. The van der Waals surface area contributed by atoms with Gasteiger partial charge in [-0.2, -0.15) is 0 Å². The first-order valence-corrected chi connectivity index (χ1v) is 5.42. The minimum absolute atomic E-state index is 0.0235. The van der Waals surface area contributed by atoms with E-state index in [-0.39, 0.29) is 23.1 Å². The van der Waals surface area contributed by atoms with Crippen molar-refractivity contribution in [1.29, 1.82) is 0 Å². The van der Waals surface area contributed by atoms with Crippen LogP contribution in [-0.4, -0.2) is 21.2 Å². The molecule has 1 aromatic heterocycles. The molecule has 88 valence electrons. The van der Waals surface area contributed by atoms with Crippen molar-refractivity contribution in [2.24, 2.45) is 0 Å². The maximum atomic E-state index is 13.5. The fourth-order valence-electron chi connectivity index (χ4n) is 1.18. The third-order valence-corrected chi connectivity index (χ3v) is 2.46. The number of halogens is 2. The van der Waals surface area contributed by atoms with Crippen LogP contribution < -0.4 is 4.74 Å². The van der Waals surface area contributed by atoms with Gasteiger partial charge in [0.15, 0.2) is 23.0 Å². The van der Waals surface area contributed by atoms with Gasteiger partial charge in [-0.15, -0.1) is 0 Å². The second-order valence-corrected chi connectivity index (χ2v) is 4.14. The van der Waals surface area contributed by atoms with Gasteiger partial charge in [0.25, 0.3) is 5.88 Å². The minimum atomic E-state index is -0.558. The smallest absolute Gasteiger partial charge is 0.269 e. The summed E-state index contributed by atoms with van der Waals surface area (Å²) in [7, 11) is 0. The first-order valence-electron chi connectivity index (χ1n) is 4.63. The average Bonchev–Trinajstić information content (AvgIpc) is 2.70. The number of ether oxygens (including phenoxy) is 1. The van der Waals surface area contributed by atoms with Crippen molar-refractivity contribution < 1.29 is 13.9 Å². The van der Waals surface area contributed by atoms with Crippen LogP contribution in [-0.2, 0) is 0 Å². The molecule has 0 aliphatic heterocycles. The Bertz CT molecular complexity index is 570. The molecule has 2 aromatic rings. The molecular formula is C10H7BrFN3O2. The van der Waals surface area contributed by atoms with Gasteiger partial charge < -0.3 is 4.74 Å². The molecule has 17 heavy (non-hydrogen) atoms. The van der Waals surface area contributed by atoms with Gasteiger partial charge in [0.1, 0.15) is 0 Å². The highest BCUT2D eigenvalue weighted by molar-refractivity contribution is 9.10. The maximum absolute atomic E-state index is 13.5. The van der Waals surface area contributed by atoms with Crippen LogP contribution in [0.2, 0.25) is 0 Å². The molecule has 0 bridgehead atoms. The van der Waals surface area contributed by atoms with Crippen LogP contribution >= 0.6 is 15.9 Å². The Labute approximate surface area is 104 Å². The molecule has 0 saturated heterocycles. The van der Waals surface area contributed by atoms with Gasteiger partial charge in [-0.25, -0.2) is 4.39 Å². The van der Waals surface area contributed by atoms with E-state index < -0.39 is 5.82 Å². The molecule has 1 heterocycles. The second kappa shape index (κ2) is 4.62. The summed E-state index contributed by atoms with van der Waals surface area (Å²) < 4.78 is 19.2. The number of aromatic nitrogens is 3. The zero-order valence-corrected chi connectivity index (χ0v) is 10.3. The average molecular weight is 300 g/mol. The molecule has 0 radical (unpaired) electrons. The van der Waals surface area contributed by atoms with Crippen molar-refractivity contribution in [3.63, 3.8) is 0 Å². The molecule has 0 spiro atoms. The summed E-state index contributed by atoms with van der Waals surface area (Å²) in [4.78, 5) is 11.2. The second-order valence-electron chi connectivity index (χ2n) is 3.22. The number of aromatic amines is 1. The summed E-state index contributed by atoms with van der Waals surface area (Å²) in [5.41, 5.74) is 0.104. The fraction of sp³-hybridized carbons (Fsp3) is 0.100. The predicted octanol–water partition coefficient (Wildman–Crippen LogP) is 2.70. The summed E-state index contributed by atoms with van der Waals surface area (Å²) >= 11 is 3.13. The number of hydrogen-bond acceptors (Lipinski definition) is 4. The van der Waals surface area contributed by atoms with Crippen LogP contribution in [0.1, 0.15) is 17.4 Å². The monoisotopic (exact) mass is 299 g/mol. The van der Waals surface area contributed by atoms with Gasteiger partial charge in [-0.1, -0.05) is 26.2 Å². The van der Waals surface area contributed by atoms with Crippen LogP contribution in [0.25, 0.3) is 0 Å². The Balaban J connectivity index is 2.31. The topological polar surface area (TPSA) is 67.9 Å². The van der Waals surface area contributed by atoms with Crippen LogP contribution in [0.3, 0.4) is 0 Å². The molecule has 0 atom stereocenters. The summed E-state index contributed by atoms with van der Waals surface area (Å²) in [5, 5.41) is 9.39. The molecule has 0 fully saturated rings. The third kappa shape index (κ3) is 2.50. The number of nitrogens with one attached hydrogen (secondary N) is 1. The summed E-state index contributed by atoms with van der Waals surface area (Å²) in [6.45, 7) is 1.33. The van der Waals surface area contributed by atoms with Gasteiger partial charge in [-0.3, -0.25) is 9.89 Å². The van der Waals surface area contributed by atoms with Crippen molar-refractivity contribution in [3.8, 4) is 11.6 Å². The highest BCUT2D eigenvalue weighted by atomic mass is 79.9. The molecule has 1 aromatic carbocycles. The van der Waals surface area contributed by atoms with Crippen molar-refractivity contribution in [2.75, 3.05) is 0 Å². The number of Topliss-reactive ketones (excluding diaryl/α,β-unsaturated/α-hetero) is 1. The Morgan fingerprint density at radius 1 is 1.53 bits per heavy atom. The summed E-state index contributed by atoms with van der Waals surface area (Å²) in [5.74, 6) is -0.914. The zero-order chi connectivity index (χ0) is 12.4.